The van der Waals surface area contributed by atoms with E-state index in [0.29, 0.717) is 6.04 Å². The number of rotatable bonds is 5. The molecule has 1 fully saturated rings. The SMILES string of the molecule is CCC(C)Oc1cccc(NC2CCCN(C)CC2)c1. The lowest BCUT2D eigenvalue weighted by Gasteiger charge is -2.19. The van der Waals surface area contributed by atoms with E-state index in [1.165, 1.54) is 38.0 Å². The predicted molar refractivity (Wildman–Crippen MR) is 85.6 cm³/mol. The maximum atomic E-state index is 5.89. The first kappa shape index (κ1) is 15.2. The van der Waals surface area contributed by atoms with E-state index in [1.54, 1.807) is 0 Å². The van der Waals surface area contributed by atoms with Crippen molar-refractivity contribution in [1.29, 1.82) is 0 Å². The van der Waals surface area contributed by atoms with Gasteiger partial charge in [0.2, 0.25) is 0 Å². The van der Waals surface area contributed by atoms with Crippen LogP contribution in [0.15, 0.2) is 24.3 Å². The molecular weight excluding hydrogens is 248 g/mol. The van der Waals surface area contributed by atoms with Crippen LogP contribution in [0.2, 0.25) is 0 Å². The van der Waals surface area contributed by atoms with Crippen LogP contribution in [0.25, 0.3) is 0 Å². The number of nitrogens with one attached hydrogen (secondary N) is 1. The maximum absolute atomic E-state index is 5.89. The van der Waals surface area contributed by atoms with Crippen LogP contribution in [0, 0.1) is 0 Å². The molecule has 1 aliphatic rings. The van der Waals surface area contributed by atoms with Crippen LogP contribution in [0.5, 0.6) is 5.75 Å². The molecule has 0 spiro atoms. The van der Waals surface area contributed by atoms with Gasteiger partial charge in [-0.25, -0.2) is 0 Å². The third-order valence-corrected chi connectivity index (χ3v) is 4.07. The number of nitrogens with zero attached hydrogens (tertiary/aromatic N) is 1. The summed E-state index contributed by atoms with van der Waals surface area (Å²) < 4.78 is 5.89. The highest BCUT2D eigenvalue weighted by Crippen LogP contribution is 2.22. The molecule has 1 aromatic carbocycles. The van der Waals surface area contributed by atoms with Crippen molar-refractivity contribution in [3.63, 3.8) is 0 Å². The second-order valence-corrected chi connectivity index (χ2v) is 5.94. The fraction of sp³-hybridized carbons (Fsp3) is 0.647. The van der Waals surface area contributed by atoms with Gasteiger partial charge in [-0.15, -0.1) is 0 Å². The van der Waals surface area contributed by atoms with Crippen LogP contribution < -0.4 is 10.1 Å². The van der Waals surface area contributed by atoms with E-state index < -0.39 is 0 Å². The van der Waals surface area contributed by atoms with Crippen molar-refractivity contribution < 1.29 is 4.74 Å². The van der Waals surface area contributed by atoms with Gasteiger partial charge in [0.15, 0.2) is 0 Å². The Morgan fingerprint density at radius 3 is 3.00 bits per heavy atom. The van der Waals surface area contributed by atoms with E-state index in [-0.39, 0.29) is 6.10 Å². The molecule has 0 saturated carbocycles. The third-order valence-electron chi connectivity index (χ3n) is 4.07. The van der Waals surface area contributed by atoms with Gasteiger partial charge in [-0.2, -0.15) is 0 Å². The first-order chi connectivity index (χ1) is 9.67. The molecule has 0 aromatic heterocycles. The Labute approximate surface area is 123 Å². The Bertz CT molecular complexity index is 408. The van der Waals surface area contributed by atoms with Crippen molar-refractivity contribution in [3.05, 3.63) is 24.3 Å². The monoisotopic (exact) mass is 276 g/mol. The second kappa shape index (κ2) is 7.53. The molecule has 20 heavy (non-hydrogen) atoms. The van der Waals surface area contributed by atoms with Gasteiger partial charge >= 0.3 is 0 Å². The number of ether oxygens (including phenoxy) is 1. The van der Waals surface area contributed by atoms with Gasteiger partial charge in [0.1, 0.15) is 5.75 Å². The predicted octanol–water partition coefficient (Wildman–Crippen LogP) is 3.76. The lowest BCUT2D eigenvalue weighted by atomic mass is 10.1. The Hall–Kier alpha value is -1.22. The van der Waals surface area contributed by atoms with E-state index in [2.05, 4.69) is 49.3 Å². The first-order valence-electron chi connectivity index (χ1n) is 7.89. The molecule has 3 heteroatoms. The zero-order valence-corrected chi connectivity index (χ0v) is 13.1. The summed E-state index contributed by atoms with van der Waals surface area (Å²) in [7, 11) is 2.21. The molecule has 1 aliphatic heterocycles. The van der Waals surface area contributed by atoms with Gasteiger partial charge in [0, 0.05) is 17.8 Å². The molecule has 1 saturated heterocycles. The molecule has 3 nitrogen and oxygen atoms in total. The van der Waals surface area contributed by atoms with Crippen LogP contribution in [0.3, 0.4) is 0 Å². The van der Waals surface area contributed by atoms with Crippen LogP contribution in [-0.4, -0.2) is 37.2 Å². The average Bonchev–Trinajstić information content (AvgIpc) is 2.64. The quantitative estimate of drug-likeness (QED) is 0.886. The summed E-state index contributed by atoms with van der Waals surface area (Å²) in [5, 5.41) is 3.67. The molecule has 0 aliphatic carbocycles. The number of benzene rings is 1. The van der Waals surface area contributed by atoms with E-state index in [4.69, 9.17) is 4.74 Å². The minimum absolute atomic E-state index is 0.275. The minimum atomic E-state index is 0.275. The van der Waals surface area contributed by atoms with Crippen molar-refractivity contribution >= 4 is 5.69 Å². The van der Waals surface area contributed by atoms with Crippen molar-refractivity contribution in [2.45, 2.75) is 51.7 Å². The molecule has 2 unspecified atom stereocenters. The van der Waals surface area contributed by atoms with Crippen LogP contribution in [0.4, 0.5) is 5.69 Å². The molecule has 1 heterocycles. The van der Waals surface area contributed by atoms with Gasteiger partial charge in [-0.1, -0.05) is 13.0 Å². The zero-order valence-electron chi connectivity index (χ0n) is 13.1. The number of hydrogen-bond donors (Lipinski definition) is 1. The largest absolute Gasteiger partial charge is 0.491 e. The van der Waals surface area contributed by atoms with Crippen LogP contribution in [-0.2, 0) is 0 Å². The van der Waals surface area contributed by atoms with Crippen molar-refractivity contribution in [2.75, 3.05) is 25.5 Å². The summed E-state index contributed by atoms with van der Waals surface area (Å²) in [4.78, 5) is 2.42. The summed E-state index contributed by atoms with van der Waals surface area (Å²) >= 11 is 0. The molecular formula is C17H28N2O. The summed E-state index contributed by atoms with van der Waals surface area (Å²) in [5.41, 5.74) is 1.18. The normalized spacial score (nSPS) is 22.1. The Kier molecular flexibility index (Phi) is 5.72. The summed E-state index contributed by atoms with van der Waals surface area (Å²) in [6.45, 7) is 6.66. The van der Waals surface area contributed by atoms with Crippen molar-refractivity contribution in [3.8, 4) is 5.75 Å². The number of likely N-dealkylation sites (tertiary alicyclic amines) is 1. The molecule has 1 N–H and O–H groups in total. The summed E-state index contributed by atoms with van der Waals surface area (Å²) in [5.74, 6) is 0.968. The fourth-order valence-corrected chi connectivity index (χ4v) is 2.59. The highest BCUT2D eigenvalue weighted by atomic mass is 16.5. The van der Waals surface area contributed by atoms with E-state index in [9.17, 15) is 0 Å². The lowest BCUT2D eigenvalue weighted by Crippen LogP contribution is -2.23. The zero-order chi connectivity index (χ0) is 14.4. The van der Waals surface area contributed by atoms with E-state index in [0.717, 1.165) is 12.2 Å². The van der Waals surface area contributed by atoms with Gasteiger partial charge in [0.25, 0.3) is 0 Å². The van der Waals surface area contributed by atoms with Crippen LogP contribution in [0.1, 0.15) is 39.5 Å². The molecule has 2 atom stereocenters. The molecule has 112 valence electrons. The van der Waals surface area contributed by atoms with Gasteiger partial charge in [0.05, 0.1) is 6.10 Å². The van der Waals surface area contributed by atoms with E-state index >= 15 is 0 Å². The third kappa shape index (κ3) is 4.71. The molecule has 0 amide bonds. The standard InChI is InChI=1S/C17H28N2O/c1-4-14(2)20-17-9-5-7-16(13-17)18-15-8-6-11-19(3)12-10-15/h5,7,9,13-15,18H,4,6,8,10-12H2,1-3H3. The topological polar surface area (TPSA) is 24.5 Å². The fourth-order valence-electron chi connectivity index (χ4n) is 2.59. The number of hydrogen-bond acceptors (Lipinski definition) is 3. The smallest absolute Gasteiger partial charge is 0.121 e. The molecule has 2 rings (SSSR count). The highest BCUT2D eigenvalue weighted by molar-refractivity contribution is 5.48. The van der Waals surface area contributed by atoms with E-state index in [1.807, 2.05) is 6.07 Å². The van der Waals surface area contributed by atoms with Crippen molar-refractivity contribution in [2.24, 2.45) is 0 Å². The Morgan fingerprint density at radius 2 is 2.20 bits per heavy atom. The van der Waals surface area contributed by atoms with Gasteiger partial charge in [-0.3, -0.25) is 0 Å². The van der Waals surface area contributed by atoms with Crippen LogP contribution >= 0.6 is 0 Å². The number of anilines is 1. The Morgan fingerprint density at radius 1 is 1.35 bits per heavy atom. The highest BCUT2D eigenvalue weighted by Gasteiger charge is 2.14. The summed E-state index contributed by atoms with van der Waals surface area (Å²) in [6.07, 6.45) is 5.05. The second-order valence-electron chi connectivity index (χ2n) is 5.94. The lowest BCUT2D eigenvalue weighted by molar-refractivity contribution is 0.217. The van der Waals surface area contributed by atoms with Gasteiger partial charge < -0.3 is 15.0 Å². The van der Waals surface area contributed by atoms with Crippen molar-refractivity contribution in [1.82, 2.24) is 4.90 Å². The maximum Gasteiger partial charge on any atom is 0.121 e. The minimum Gasteiger partial charge on any atom is -0.491 e. The summed E-state index contributed by atoms with van der Waals surface area (Å²) in [6, 6.07) is 8.96. The molecule has 0 bridgehead atoms. The molecule has 0 radical (unpaired) electrons. The first-order valence-corrected chi connectivity index (χ1v) is 7.89. The van der Waals surface area contributed by atoms with Gasteiger partial charge in [-0.05, 0) is 64.9 Å². The molecule has 1 aromatic rings. The Balaban J connectivity index is 1.93. The average molecular weight is 276 g/mol.